The van der Waals surface area contributed by atoms with Crippen molar-refractivity contribution >= 4 is 34.8 Å². The molecule has 2 N–H and O–H groups in total. The van der Waals surface area contributed by atoms with E-state index in [2.05, 4.69) is 17.6 Å². The number of nitrogens with one attached hydrogen (secondary N) is 2. The number of hydrogen-bond acceptors (Lipinski definition) is 3. The zero-order valence-electron chi connectivity index (χ0n) is 15.6. The van der Waals surface area contributed by atoms with E-state index in [4.69, 9.17) is 12.2 Å². The summed E-state index contributed by atoms with van der Waals surface area (Å²) in [6.45, 7) is 3.64. The molecular weight excluding hydrogens is 377 g/mol. The highest BCUT2D eigenvalue weighted by molar-refractivity contribution is 7.80. The number of carbonyl (C=O) groups excluding carboxylic acids is 2. The van der Waals surface area contributed by atoms with Crippen LogP contribution in [0.3, 0.4) is 0 Å². The van der Waals surface area contributed by atoms with Crippen molar-refractivity contribution in [1.29, 1.82) is 0 Å². The predicted molar refractivity (Wildman–Crippen MR) is 111 cm³/mol. The van der Waals surface area contributed by atoms with Crippen LogP contribution in [-0.4, -0.2) is 34.9 Å². The quantitative estimate of drug-likeness (QED) is 0.771. The van der Waals surface area contributed by atoms with Crippen molar-refractivity contribution in [3.8, 4) is 0 Å². The molecule has 2 amide bonds. The Balaban J connectivity index is 1.69. The number of nitrogens with zero attached hydrogens (tertiary/aromatic N) is 1. The van der Waals surface area contributed by atoms with Gasteiger partial charge in [0.1, 0.15) is 5.82 Å². The van der Waals surface area contributed by atoms with E-state index in [0.717, 1.165) is 25.9 Å². The molecule has 146 valence electrons. The second-order valence-corrected chi connectivity index (χ2v) is 7.32. The number of likely N-dealkylation sites (tertiary alicyclic amines) is 1. The minimum atomic E-state index is -0.649. The highest BCUT2D eigenvalue weighted by atomic mass is 32.1. The number of amides is 2. The SMILES string of the molecule is CC1CCN(C(=O)c2ccccc2NC(=S)NC(=O)c2ccccc2F)CC1. The fraction of sp³-hybridized carbons (Fsp3) is 0.286. The summed E-state index contributed by atoms with van der Waals surface area (Å²) in [5.74, 6) is -0.723. The minimum Gasteiger partial charge on any atom is -0.339 e. The Morgan fingerprint density at radius 1 is 1.04 bits per heavy atom. The standard InChI is InChI=1S/C21H22FN3O2S/c1-14-10-12-25(13-11-14)20(27)16-7-3-5-9-18(16)23-21(28)24-19(26)15-6-2-4-8-17(15)22/h2-9,14H,10-13H2,1H3,(H2,23,24,26,28). The topological polar surface area (TPSA) is 61.4 Å². The van der Waals surface area contributed by atoms with Crippen molar-refractivity contribution in [1.82, 2.24) is 10.2 Å². The van der Waals surface area contributed by atoms with Crippen LogP contribution in [-0.2, 0) is 0 Å². The van der Waals surface area contributed by atoms with E-state index in [1.54, 1.807) is 30.3 Å². The van der Waals surface area contributed by atoms with Crippen LogP contribution < -0.4 is 10.6 Å². The molecule has 1 heterocycles. The third kappa shape index (κ3) is 4.72. The van der Waals surface area contributed by atoms with E-state index in [1.165, 1.54) is 18.2 Å². The largest absolute Gasteiger partial charge is 0.339 e. The highest BCUT2D eigenvalue weighted by Gasteiger charge is 2.23. The Kier molecular flexibility index (Phi) is 6.36. The predicted octanol–water partition coefficient (Wildman–Crippen LogP) is 3.82. The monoisotopic (exact) mass is 399 g/mol. The molecule has 3 rings (SSSR count). The third-order valence-electron chi connectivity index (χ3n) is 4.82. The molecule has 1 aliphatic heterocycles. The zero-order chi connectivity index (χ0) is 20.1. The molecule has 28 heavy (non-hydrogen) atoms. The number of halogens is 1. The highest BCUT2D eigenvalue weighted by Crippen LogP contribution is 2.22. The molecule has 0 unspecified atom stereocenters. The lowest BCUT2D eigenvalue weighted by molar-refractivity contribution is 0.0698. The van der Waals surface area contributed by atoms with Gasteiger partial charge in [-0.15, -0.1) is 0 Å². The van der Waals surface area contributed by atoms with Crippen molar-refractivity contribution in [2.24, 2.45) is 5.92 Å². The van der Waals surface area contributed by atoms with Crippen LogP contribution in [0.25, 0.3) is 0 Å². The van der Waals surface area contributed by atoms with Gasteiger partial charge in [-0.05, 0) is 55.2 Å². The Morgan fingerprint density at radius 2 is 1.64 bits per heavy atom. The molecule has 2 aromatic carbocycles. The van der Waals surface area contributed by atoms with Gasteiger partial charge in [-0.3, -0.25) is 14.9 Å². The molecule has 2 aromatic rings. The van der Waals surface area contributed by atoms with Crippen molar-refractivity contribution in [2.45, 2.75) is 19.8 Å². The summed E-state index contributed by atoms with van der Waals surface area (Å²) < 4.78 is 13.7. The molecular formula is C21H22FN3O2S. The summed E-state index contributed by atoms with van der Waals surface area (Å²) in [6, 6.07) is 12.7. The Morgan fingerprint density at radius 3 is 2.32 bits per heavy atom. The summed E-state index contributed by atoms with van der Waals surface area (Å²) in [5, 5.41) is 5.34. The molecule has 5 nitrogen and oxygen atoms in total. The van der Waals surface area contributed by atoms with E-state index < -0.39 is 11.7 Å². The third-order valence-corrected chi connectivity index (χ3v) is 5.03. The number of carbonyl (C=O) groups is 2. The molecule has 0 aromatic heterocycles. The van der Waals surface area contributed by atoms with Gasteiger partial charge in [-0.25, -0.2) is 4.39 Å². The van der Waals surface area contributed by atoms with Crippen LogP contribution in [0.2, 0.25) is 0 Å². The lowest BCUT2D eigenvalue weighted by Gasteiger charge is -2.30. The first-order valence-corrected chi connectivity index (χ1v) is 9.61. The molecule has 0 aliphatic carbocycles. The molecule has 7 heteroatoms. The normalized spacial score (nSPS) is 14.4. The van der Waals surface area contributed by atoms with Gasteiger partial charge in [0.25, 0.3) is 11.8 Å². The number of benzene rings is 2. The summed E-state index contributed by atoms with van der Waals surface area (Å²) >= 11 is 5.18. The van der Waals surface area contributed by atoms with Gasteiger partial charge in [0.2, 0.25) is 0 Å². The molecule has 1 saturated heterocycles. The van der Waals surface area contributed by atoms with Gasteiger partial charge < -0.3 is 10.2 Å². The average molecular weight is 399 g/mol. The first-order chi connectivity index (χ1) is 13.5. The van der Waals surface area contributed by atoms with Crippen LogP contribution >= 0.6 is 12.2 Å². The molecule has 1 fully saturated rings. The number of hydrogen-bond donors (Lipinski definition) is 2. The van der Waals surface area contributed by atoms with Gasteiger partial charge in [-0.1, -0.05) is 31.2 Å². The van der Waals surface area contributed by atoms with Crippen LogP contribution in [0.5, 0.6) is 0 Å². The summed E-state index contributed by atoms with van der Waals surface area (Å²) in [4.78, 5) is 26.9. The maximum absolute atomic E-state index is 13.7. The molecule has 0 radical (unpaired) electrons. The second-order valence-electron chi connectivity index (χ2n) is 6.91. The van der Waals surface area contributed by atoms with Gasteiger partial charge in [0.15, 0.2) is 5.11 Å². The fourth-order valence-corrected chi connectivity index (χ4v) is 3.33. The number of thiocarbonyl (C=S) groups is 1. The first-order valence-electron chi connectivity index (χ1n) is 9.21. The van der Waals surface area contributed by atoms with Crippen molar-refractivity contribution in [3.05, 3.63) is 65.5 Å². The van der Waals surface area contributed by atoms with E-state index in [1.807, 2.05) is 4.90 Å². The minimum absolute atomic E-state index is 0.000712. The summed E-state index contributed by atoms with van der Waals surface area (Å²) in [5.41, 5.74) is 0.892. The number of piperidine rings is 1. The lowest BCUT2D eigenvalue weighted by Crippen LogP contribution is -2.39. The van der Waals surface area contributed by atoms with Crippen LogP contribution in [0.4, 0.5) is 10.1 Å². The summed E-state index contributed by atoms with van der Waals surface area (Å²) in [6.07, 6.45) is 1.97. The van der Waals surface area contributed by atoms with Crippen LogP contribution in [0, 0.1) is 11.7 Å². The fourth-order valence-electron chi connectivity index (χ4n) is 3.13. The number of rotatable bonds is 3. The Hall–Kier alpha value is -2.80. The number of anilines is 1. The van der Waals surface area contributed by atoms with Crippen LogP contribution in [0.15, 0.2) is 48.5 Å². The molecule has 0 atom stereocenters. The first kappa shape index (κ1) is 19.9. The van der Waals surface area contributed by atoms with E-state index >= 15 is 0 Å². The van der Waals surface area contributed by atoms with Crippen molar-refractivity contribution in [2.75, 3.05) is 18.4 Å². The average Bonchev–Trinajstić information content (AvgIpc) is 2.68. The van der Waals surface area contributed by atoms with Crippen molar-refractivity contribution < 1.29 is 14.0 Å². The van der Waals surface area contributed by atoms with Crippen molar-refractivity contribution in [3.63, 3.8) is 0 Å². The van der Waals surface area contributed by atoms with Gasteiger partial charge >= 0.3 is 0 Å². The smallest absolute Gasteiger partial charge is 0.260 e. The van der Waals surface area contributed by atoms with Gasteiger partial charge in [0.05, 0.1) is 16.8 Å². The van der Waals surface area contributed by atoms with E-state index in [-0.39, 0.29) is 16.6 Å². The Labute approximate surface area is 168 Å². The molecule has 0 spiro atoms. The van der Waals surface area contributed by atoms with Crippen LogP contribution in [0.1, 0.15) is 40.5 Å². The lowest BCUT2D eigenvalue weighted by atomic mass is 9.98. The molecule has 0 saturated carbocycles. The van der Waals surface area contributed by atoms with Gasteiger partial charge in [0, 0.05) is 13.1 Å². The molecule has 1 aliphatic rings. The molecule has 0 bridgehead atoms. The number of para-hydroxylation sites is 1. The second kappa shape index (κ2) is 8.93. The van der Waals surface area contributed by atoms with E-state index in [9.17, 15) is 14.0 Å². The summed E-state index contributed by atoms with van der Waals surface area (Å²) in [7, 11) is 0. The van der Waals surface area contributed by atoms with Gasteiger partial charge in [-0.2, -0.15) is 0 Å². The zero-order valence-corrected chi connectivity index (χ0v) is 16.4. The maximum Gasteiger partial charge on any atom is 0.260 e. The Bertz CT molecular complexity index is 895. The maximum atomic E-state index is 13.7. The van der Waals surface area contributed by atoms with E-state index in [0.29, 0.717) is 17.2 Å².